The molecule has 0 saturated carbocycles. The van der Waals surface area contributed by atoms with Crippen molar-refractivity contribution in [3.8, 4) is 0 Å². The van der Waals surface area contributed by atoms with Gasteiger partial charge in [0.1, 0.15) is 5.60 Å². The second kappa shape index (κ2) is 6.84. The van der Waals surface area contributed by atoms with E-state index < -0.39 is 0 Å². The van der Waals surface area contributed by atoms with E-state index >= 15 is 0 Å². The number of nitrogens with zero attached hydrogens (tertiary/aromatic N) is 2. The van der Waals surface area contributed by atoms with Gasteiger partial charge in [-0.2, -0.15) is 0 Å². The predicted octanol–water partition coefficient (Wildman–Crippen LogP) is 2.91. The number of nitrogens with one attached hydrogen (secondary N) is 1. The first-order valence-corrected chi connectivity index (χ1v) is 8.15. The van der Waals surface area contributed by atoms with Gasteiger partial charge in [-0.1, -0.05) is 13.8 Å². The minimum absolute atomic E-state index is 0.288. The van der Waals surface area contributed by atoms with Crippen LogP contribution in [0.1, 0.15) is 56.4 Å². The molecule has 0 spiro atoms. The topological polar surface area (TPSA) is 47.0 Å². The average Bonchev–Trinajstić information content (AvgIpc) is 2.88. The first kappa shape index (κ1) is 16.4. The summed E-state index contributed by atoms with van der Waals surface area (Å²) in [4.78, 5) is 9.53. The van der Waals surface area contributed by atoms with Crippen molar-refractivity contribution in [2.24, 2.45) is 5.92 Å². The van der Waals surface area contributed by atoms with Gasteiger partial charge in [0.2, 0.25) is 0 Å². The van der Waals surface area contributed by atoms with Gasteiger partial charge < -0.3 is 10.1 Å². The third kappa shape index (κ3) is 3.80. The van der Waals surface area contributed by atoms with E-state index in [4.69, 9.17) is 14.7 Å². The second-order valence-electron chi connectivity index (χ2n) is 6.50. The van der Waals surface area contributed by atoms with Crippen molar-refractivity contribution >= 4 is 0 Å². The van der Waals surface area contributed by atoms with Crippen LogP contribution in [0, 0.1) is 19.8 Å². The van der Waals surface area contributed by atoms with E-state index in [-0.39, 0.29) is 5.60 Å². The number of hydrogen-bond acceptors (Lipinski definition) is 4. The molecule has 0 aliphatic carbocycles. The molecule has 1 N–H and O–H groups in total. The van der Waals surface area contributed by atoms with Crippen LogP contribution >= 0.6 is 0 Å². The van der Waals surface area contributed by atoms with Crippen molar-refractivity contribution in [1.29, 1.82) is 0 Å². The summed E-state index contributed by atoms with van der Waals surface area (Å²) in [6.07, 6.45) is 3.14. The molecule has 0 radical (unpaired) electrons. The Hall–Kier alpha value is -1.00. The summed E-state index contributed by atoms with van der Waals surface area (Å²) in [5.74, 6) is 1.45. The van der Waals surface area contributed by atoms with E-state index in [9.17, 15) is 0 Å². The largest absolute Gasteiger partial charge is 0.367 e. The normalized spacial score (nSPS) is 23.5. The van der Waals surface area contributed by atoms with Gasteiger partial charge in [-0.25, -0.2) is 9.97 Å². The van der Waals surface area contributed by atoms with Crippen LogP contribution in [0.3, 0.4) is 0 Å². The molecule has 1 aliphatic rings. The molecule has 1 aliphatic heterocycles. The Balaban J connectivity index is 2.17. The highest BCUT2D eigenvalue weighted by Crippen LogP contribution is 2.34. The van der Waals surface area contributed by atoms with Gasteiger partial charge in [0.25, 0.3) is 0 Å². The Bertz CT molecular complexity index is 458. The van der Waals surface area contributed by atoms with Gasteiger partial charge in [-0.15, -0.1) is 0 Å². The molecule has 1 aromatic rings. The zero-order valence-corrected chi connectivity index (χ0v) is 14.1. The standard InChI is InChI=1S/C17H29N3O/c1-6-18-11-12(2)10-15-13(3)19-16(20-14(15)4)17(5)8-7-9-21-17/h12,18H,6-11H2,1-5H3. The second-order valence-corrected chi connectivity index (χ2v) is 6.50. The maximum Gasteiger partial charge on any atom is 0.160 e. The molecule has 0 amide bonds. The lowest BCUT2D eigenvalue weighted by Gasteiger charge is -2.23. The maximum absolute atomic E-state index is 5.88. The molecular formula is C17H29N3O. The molecule has 4 heteroatoms. The van der Waals surface area contributed by atoms with Gasteiger partial charge in [-0.05, 0) is 64.6 Å². The zero-order chi connectivity index (χ0) is 15.5. The number of aromatic nitrogens is 2. The van der Waals surface area contributed by atoms with Crippen LogP contribution in [-0.2, 0) is 16.8 Å². The first-order valence-electron chi connectivity index (χ1n) is 8.15. The molecule has 0 bridgehead atoms. The van der Waals surface area contributed by atoms with Crippen molar-refractivity contribution in [2.45, 2.75) is 59.5 Å². The third-order valence-electron chi connectivity index (χ3n) is 4.41. The minimum atomic E-state index is -0.288. The number of hydrogen-bond donors (Lipinski definition) is 1. The average molecular weight is 291 g/mol. The summed E-state index contributed by atoms with van der Waals surface area (Å²) in [7, 11) is 0. The Labute approximate surface area is 128 Å². The molecule has 2 heterocycles. The molecule has 2 unspecified atom stereocenters. The number of rotatable bonds is 6. The van der Waals surface area contributed by atoms with Crippen molar-refractivity contribution in [3.05, 3.63) is 22.8 Å². The Morgan fingerprint density at radius 3 is 2.48 bits per heavy atom. The van der Waals surface area contributed by atoms with Gasteiger partial charge in [-0.3, -0.25) is 0 Å². The molecule has 0 aromatic carbocycles. The lowest BCUT2D eigenvalue weighted by atomic mass is 9.97. The molecule has 1 aromatic heterocycles. The van der Waals surface area contributed by atoms with Crippen LogP contribution in [0.2, 0.25) is 0 Å². The highest BCUT2D eigenvalue weighted by molar-refractivity contribution is 5.26. The number of ether oxygens (including phenoxy) is 1. The van der Waals surface area contributed by atoms with Crippen LogP contribution in [0.15, 0.2) is 0 Å². The van der Waals surface area contributed by atoms with Gasteiger partial charge in [0.15, 0.2) is 5.82 Å². The summed E-state index contributed by atoms with van der Waals surface area (Å²) < 4.78 is 5.88. The van der Waals surface area contributed by atoms with Gasteiger partial charge >= 0.3 is 0 Å². The molecule has 2 rings (SSSR count). The summed E-state index contributed by atoms with van der Waals surface area (Å²) in [5.41, 5.74) is 3.23. The highest BCUT2D eigenvalue weighted by Gasteiger charge is 2.35. The quantitative estimate of drug-likeness (QED) is 0.875. The van der Waals surface area contributed by atoms with Crippen LogP contribution in [0.25, 0.3) is 0 Å². The maximum atomic E-state index is 5.88. The van der Waals surface area contributed by atoms with Crippen molar-refractivity contribution in [3.63, 3.8) is 0 Å². The lowest BCUT2D eigenvalue weighted by Crippen LogP contribution is -2.26. The van der Waals surface area contributed by atoms with Crippen LogP contribution in [0.5, 0.6) is 0 Å². The van der Waals surface area contributed by atoms with E-state index in [0.717, 1.165) is 56.2 Å². The molecule has 21 heavy (non-hydrogen) atoms. The van der Waals surface area contributed by atoms with E-state index in [1.165, 1.54) is 5.56 Å². The Morgan fingerprint density at radius 2 is 1.95 bits per heavy atom. The fraction of sp³-hybridized carbons (Fsp3) is 0.765. The van der Waals surface area contributed by atoms with E-state index in [0.29, 0.717) is 5.92 Å². The van der Waals surface area contributed by atoms with Crippen molar-refractivity contribution in [1.82, 2.24) is 15.3 Å². The minimum Gasteiger partial charge on any atom is -0.367 e. The molecule has 1 fully saturated rings. The number of aryl methyl sites for hydroxylation is 2. The van der Waals surface area contributed by atoms with Gasteiger partial charge in [0.05, 0.1) is 0 Å². The van der Waals surface area contributed by atoms with E-state index in [1.54, 1.807) is 0 Å². The van der Waals surface area contributed by atoms with Crippen LogP contribution in [0.4, 0.5) is 0 Å². The molecule has 2 atom stereocenters. The molecule has 118 valence electrons. The summed E-state index contributed by atoms with van der Waals surface area (Å²) in [6, 6.07) is 0. The highest BCUT2D eigenvalue weighted by atomic mass is 16.5. The Morgan fingerprint density at radius 1 is 1.29 bits per heavy atom. The lowest BCUT2D eigenvalue weighted by molar-refractivity contribution is 0.00901. The SMILES string of the molecule is CCNCC(C)Cc1c(C)nc(C2(C)CCCO2)nc1C. The third-order valence-corrected chi connectivity index (χ3v) is 4.41. The van der Waals surface area contributed by atoms with Crippen LogP contribution in [-0.4, -0.2) is 29.7 Å². The first-order chi connectivity index (χ1) is 9.96. The predicted molar refractivity (Wildman–Crippen MR) is 85.5 cm³/mol. The molecule has 1 saturated heterocycles. The summed E-state index contributed by atoms with van der Waals surface area (Å²) in [6.45, 7) is 13.6. The van der Waals surface area contributed by atoms with E-state index in [1.807, 2.05) is 0 Å². The van der Waals surface area contributed by atoms with Gasteiger partial charge in [0, 0.05) is 18.0 Å². The molecule has 4 nitrogen and oxygen atoms in total. The zero-order valence-electron chi connectivity index (χ0n) is 14.1. The monoisotopic (exact) mass is 291 g/mol. The smallest absolute Gasteiger partial charge is 0.160 e. The van der Waals surface area contributed by atoms with E-state index in [2.05, 4.69) is 39.9 Å². The summed E-state index contributed by atoms with van der Waals surface area (Å²) >= 11 is 0. The fourth-order valence-corrected chi connectivity index (χ4v) is 3.04. The Kier molecular flexibility index (Phi) is 5.33. The van der Waals surface area contributed by atoms with Crippen LogP contribution < -0.4 is 5.32 Å². The fourth-order valence-electron chi connectivity index (χ4n) is 3.04. The summed E-state index contributed by atoms with van der Waals surface area (Å²) in [5, 5.41) is 3.41. The van der Waals surface area contributed by atoms with Crippen molar-refractivity contribution < 1.29 is 4.74 Å². The molecular weight excluding hydrogens is 262 g/mol. The van der Waals surface area contributed by atoms with Crippen molar-refractivity contribution in [2.75, 3.05) is 19.7 Å².